The van der Waals surface area contributed by atoms with Crippen molar-refractivity contribution in [2.45, 2.75) is 58.2 Å². The zero-order valence-electron chi connectivity index (χ0n) is 11.9. The zero-order valence-corrected chi connectivity index (χ0v) is 12.8. The van der Waals surface area contributed by atoms with E-state index in [2.05, 4.69) is 6.92 Å². The molecule has 1 aliphatic heterocycles. The van der Waals surface area contributed by atoms with Gasteiger partial charge in [0.15, 0.2) is 11.5 Å². The largest absolute Gasteiger partial charge is 0.445 e. The molecule has 0 atom stereocenters. The molecule has 1 aliphatic rings. The molecule has 0 bridgehead atoms. The van der Waals surface area contributed by atoms with Crippen molar-refractivity contribution in [3.63, 3.8) is 0 Å². The quantitative estimate of drug-likeness (QED) is 0.620. The van der Waals surface area contributed by atoms with Crippen LogP contribution in [0, 0.1) is 0 Å². The molecule has 0 fully saturated rings. The molecule has 3 nitrogen and oxygen atoms in total. The van der Waals surface area contributed by atoms with Gasteiger partial charge in [-0.25, -0.2) is 0 Å². The summed E-state index contributed by atoms with van der Waals surface area (Å²) in [5, 5.41) is 3.93. The number of ether oxygens (including phenoxy) is 3. The Morgan fingerprint density at radius 3 is 2.37 bits per heavy atom. The van der Waals surface area contributed by atoms with Crippen molar-refractivity contribution in [2.24, 2.45) is 0 Å². The Hall–Kier alpha value is -0.740. The molecule has 0 saturated heterocycles. The topological polar surface area (TPSA) is 27.7 Å². The lowest BCUT2D eigenvalue weighted by atomic mass is 10.1. The Bertz CT molecular complexity index is 355. The van der Waals surface area contributed by atoms with Crippen LogP contribution in [0.25, 0.3) is 0 Å². The van der Waals surface area contributed by atoms with Gasteiger partial charge in [0, 0.05) is 24.3 Å². The van der Waals surface area contributed by atoms with Gasteiger partial charge in [0.05, 0.1) is 0 Å². The summed E-state index contributed by atoms with van der Waals surface area (Å²) in [6.07, 6.45) is 7.70. The van der Waals surface area contributed by atoms with Gasteiger partial charge in [0.25, 0.3) is 5.79 Å². The minimum atomic E-state index is -0.638. The molecule has 1 aromatic heterocycles. The first-order valence-corrected chi connectivity index (χ1v) is 8.20. The second kappa shape index (κ2) is 7.15. The van der Waals surface area contributed by atoms with Gasteiger partial charge in [-0.05, 0) is 6.42 Å². The van der Waals surface area contributed by atoms with Crippen LogP contribution >= 0.6 is 11.3 Å². The number of fused-ring (bicyclic) bond motifs is 1. The molecule has 0 spiro atoms. The Balaban J connectivity index is 1.53. The summed E-state index contributed by atoms with van der Waals surface area (Å²) in [5.74, 6) is 1.05. The van der Waals surface area contributed by atoms with E-state index in [1.807, 2.05) is 17.7 Å². The van der Waals surface area contributed by atoms with Crippen LogP contribution in [0.1, 0.15) is 52.4 Å². The molecular weight excluding hydrogens is 260 g/mol. The first kappa shape index (κ1) is 14.7. The predicted molar refractivity (Wildman–Crippen MR) is 78.2 cm³/mol. The minimum absolute atomic E-state index is 0.487. The first-order valence-electron chi connectivity index (χ1n) is 7.25. The van der Waals surface area contributed by atoms with Crippen LogP contribution in [0.5, 0.6) is 11.5 Å². The molecule has 0 radical (unpaired) electrons. The number of rotatable bonds is 9. The molecule has 19 heavy (non-hydrogen) atoms. The Labute approximate surface area is 119 Å². The summed E-state index contributed by atoms with van der Waals surface area (Å²) in [6.45, 7) is 5.45. The van der Waals surface area contributed by atoms with E-state index < -0.39 is 5.79 Å². The zero-order chi connectivity index (χ0) is 13.6. The maximum atomic E-state index is 5.76. The summed E-state index contributed by atoms with van der Waals surface area (Å²) >= 11 is 1.59. The summed E-state index contributed by atoms with van der Waals surface area (Å²) in [6, 6.07) is 0. The Kier molecular flexibility index (Phi) is 5.52. The molecule has 0 aromatic carbocycles. The third-order valence-corrected chi connectivity index (χ3v) is 3.95. The predicted octanol–water partition coefficient (Wildman–Crippen LogP) is 4.61. The lowest BCUT2D eigenvalue weighted by Gasteiger charge is -2.23. The van der Waals surface area contributed by atoms with Crippen LogP contribution < -0.4 is 9.47 Å². The second-order valence-corrected chi connectivity index (χ2v) is 6.00. The van der Waals surface area contributed by atoms with E-state index in [-0.39, 0.29) is 0 Å². The van der Waals surface area contributed by atoms with Crippen LogP contribution in [0.2, 0.25) is 0 Å². The van der Waals surface area contributed by atoms with Gasteiger partial charge < -0.3 is 14.2 Å². The Morgan fingerprint density at radius 2 is 1.68 bits per heavy atom. The average molecular weight is 284 g/mol. The normalized spacial score (nSPS) is 15.9. The number of hydrogen-bond acceptors (Lipinski definition) is 4. The van der Waals surface area contributed by atoms with E-state index in [4.69, 9.17) is 14.2 Å². The second-order valence-electron chi connectivity index (χ2n) is 5.26. The fraction of sp³-hybridized carbons (Fsp3) is 0.733. The van der Waals surface area contributed by atoms with Crippen molar-refractivity contribution >= 4 is 11.3 Å². The summed E-state index contributed by atoms with van der Waals surface area (Å²) in [7, 11) is 0. The fourth-order valence-electron chi connectivity index (χ4n) is 2.21. The minimum Gasteiger partial charge on any atom is -0.445 e. The van der Waals surface area contributed by atoms with Gasteiger partial charge >= 0.3 is 0 Å². The fourth-order valence-corrected chi connectivity index (χ4v) is 2.85. The van der Waals surface area contributed by atoms with E-state index in [9.17, 15) is 0 Å². The van der Waals surface area contributed by atoms with Crippen LogP contribution in [0.3, 0.4) is 0 Å². The van der Waals surface area contributed by atoms with Crippen LogP contribution in [-0.2, 0) is 4.74 Å². The van der Waals surface area contributed by atoms with E-state index in [1.54, 1.807) is 11.3 Å². The van der Waals surface area contributed by atoms with Crippen molar-refractivity contribution in [3.05, 3.63) is 10.8 Å². The third kappa shape index (κ3) is 4.39. The highest BCUT2D eigenvalue weighted by atomic mass is 32.1. The van der Waals surface area contributed by atoms with Crippen molar-refractivity contribution in [1.82, 2.24) is 0 Å². The smallest absolute Gasteiger partial charge is 0.272 e. The lowest BCUT2D eigenvalue weighted by Crippen LogP contribution is -2.40. The van der Waals surface area contributed by atoms with E-state index >= 15 is 0 Å². The van der Waals surface area contributed by atoms with Crippen LogP contribution in [0.4, 0.5) is 0 Å². The molecule has 2 heterocycles. The van der Waals surface area contributed by atoms with E-state index in [0.29, 0.717) is 6.61 Å². The molecule has 0 aliphatic carbocycles. The highest BCUT2D eigenvalue weighted by Crippen LogP contribution is 2.42. The van der Waals surface area contributed by atoms with Gasteiger partial charge in [-0.1, -0.05) is 39.0 Å². The van der Waals surface area contributed by atoms with Crippen molar-refractivity contribution < 1.29 is 14.2 Å². The van der Waals surface area contributed by atoms with Gasteiger partial charge in [0.2, 0.25) is 0 Å². The highest BCUT2D eigenvalue weighted by molar-refractivity contribution is 7.08. The van der Waals surface area contributed by atoms with Gasteiger partial charge in [-0.3, -0.25) is 0 Å². The van der Waals surface area contributed by atoms with Gasteiger partial charge in [-0.2, -0.15) is 0 Å². The molecule has 0 N–H and O–H groups in total. The lowest BCUT2D eigenvalue weighted by molar-refractivity contribution is -0.118. The van der Waals surface area contributed by atoms with E-state index in [0.717, 1.165) is 24.5 Å². The monoisotopic (exact) mass is 284 g/mol. The van der Waals surface area contributed by atoms with Gasteiger partial charge in [0.1, 0.15) is 6.61 Å². The molecule has 0 unspecified atom stereocenters. The Morgan fingerprint density at radius 1 is 1.05 bits per heavy atom. The highest BCUT2D eigenvalue weighted by Gasteiger charge is 2.37. The summed E-state index contributed by atoms with van der Waals surface area (Å²) < 4.78 is 17.2. The van der Waals surface area contributed by atoms with Crippen molar-refractivity contribution in [1.29, 1.82) is 0 Å². The molecule has 4 heteroatoms. The van der Waals surface area contributed by atoms with Crippen molar-refractivity contribution in [2.75, 3.05) is 13.2 Å². The van der Waals surface area contributed by atoms with E-state index in [1.165, 1.54) is 32.1 Å². The average Bonchev–Trinajstić information content (AvgIpc) is 2.91. The van der Waals surface area contributed by atoms with Crippen LogP contribution in [-0.4, -0.2) is 19.0 Å². The maximum Gasteiger partial charge on any atom is 0.272 e. The molecule has 108 valence electrons. The maximum absolute atomic E-state index is 5.76. The molecule has 0 saturated carbocycles. The SMILES string of the molecule is CCCCCCCCOCC1(C)Oc2cscc2O1. The number of unbranched alkanes of at least 4 members (excludes halogenated alkanes) is 5. The summed E-state index contributed by atoms with van der Waals surface area (Å²) in [4.78, 5) is 0. The van der Waals surface area contributed by atoms with Crippen molar-refractivity contribution in [3.8, 4) is 11.5 Å². The molecule has 0 amide bonds. The first-order chi connectivity index (χ1) is 9.23. The summed E-state index contributed by atoms with van der Waals surface area (Å²) in [5.41, 5.74) is 0. The molecule has 1 aromatic rings. The number of hydrogen-bond donors (Lipinski definition) is 0. The third-order valence-electron chi connectivity index (χ3n) is 3.25. The molecular formula is C15H24O3S. The van der Waals surface area contributed by atoms with Crippen LogP contribution in [0.15, 0.2) is 10.8 Å². The standard InChI is InChI=1S/C15H24O3S/c1-3-4-5-6-7-8-9-16-12-15(2)17-13-10-19-11-14(13)18-15/h10-11H,3-9,12H2,1-2H3. The molecule has 2 rings (SSSR count). The van der Waals surface area contributed by atoms with Gasteiger partial charge in [-0.15, -0.1) is 11.3 Å². The number of thiophene rings is 1.